The smallest absolute Gasteiger partial charge is 0.234 e. The van der Waals surface area contributed by atoms with Crippen molar-refractivity contribution in [1.29, 1.82) is 0 Å². The van der Waals surface area contributed by atoms with Crippen molar-refractivity contribution < 1.29 is 8.78 Å². The van der Waals surface area contributed by atoms with Gasteiger partial charge in [0.15, 0.2) is 5.01 Å². The average Bonchev–Trinajstić information content (AvgIpc) is 2.84. The molecule has 3 aromatic rings. The standard InChI is InChI=1S/C14H9F2NS2/c15-14(16,19-10-6-2-1-3-7-10)13-17-11-8-4-5-9-12(11)18-13/h1-9H. The maximum Gasteiger partial charge on any atom is 0.349 e. The highest BCUT2D eigenvalue weighted by Gasteiger charge is 2.36. The number of thioether (sulfide) groups is 1. The third kappa shape index (κ3) is 2.62. The number of para-hydroxylation sites is 1. The van der Waals surface area contributed by atoms with Crippen molar-refractivity contribution in [2.75, 3.05) is 0 Å². The number of fused-ring (bicyclic) bond motifs is 1. The number of nitrogens with zero attached hydrogens (tertiary/aromatic N) is 1. The van der Waals surface area contributed by atoms with Gasteiger partial charge in [-0.05, 0) is 36.0 Å². The number of hydrogen-bond donors (Lipinski definition) is 0. The van der Waals surface area contributed by atoms with E-state index in [4.69, 9.17) is 0 Å². The van der Waals surface area contributed by atoms with E-state index in [0.29, 0.717) is 22.2 Å². The Labute approximate surface area is 117 Å². The minimum absolute atomic E-state index is 0.150. The molecule has 1 nitrogen and oxygen atoms in total. The maximum absolute atomic E-state index is 14.2. The van der Waals surface area contributed by atoms with Gasteiger partial charge in [-0.2, -0.15) is 8.78 Å². The van der Waals surface area contributed by atoms with E-state index >= 15 is 0 Å². The van der Waals surface area contributed by atoms with Crippen LogP contribution in [0, 0.1) is 0 Å². The number of hydrogen-bond acceptors (Lipinski definition) is 3. The van der Waals surface area contributed by atoms with Crippen molar-refractivity contribution in [3.8, 4) is 0 Å². The lowest BCUT2D eigenvalue weighted by Gasteiger charge is -2.12. The summed E-state index contributed by atoms with van der Waals surface area (Å²) in [6, 6.07) is 15.8. The summed E-state index contributed by atoms with van der Waals surface area (Å²) >= 11 is 1.57. The molecule has 0 unspecified atom stereocenters. The highest BCUT2D eigenvalue weighted by Crippen LogP contribution is 2.46. The summed E-state index contributed by atoms with van der Waals surface area (Å²) in [5.74, 6) is 0. The molecule has 0 bridgehead atoms. The predicted molar refractivity (Wildman–Crippen MR) is 75.8 cm³/mol. The normalized spacial score (nSPS) is 11.9. The topological polar surface area (TPSA) is 12.9 Å². The van der Waals surface area contributed by atoms with E-state index in [2.05, 4.69) is 4.98 Å². The van der Waals surface area contributed by atoms with Gasteiger partial charge in [0.05, 0.1) is 10.2 Å². The summed E-state index contributed by atoms with van der Waals surface area (Å²) in [5.41, 5.74) is 0.621. The van der Waals surface area contributed by atoms with Gasteiger partial charge in [0.25, 0.3) is 0 Å². The Bertz CT molecular complexity index is 662. The molecule has 19 heavy (non-hydrogen) atoms. The number of alkyl halides is 2. The molecule has 0 spiro atoms. The summed E-state index contributed by atoms with van der Waals surface area (Å²) in [6.45, 7) is 0. The van der Waals surface area contributed by atoms with Gasteiger partial charge in [-0.3, -0.25) is 0 Å². The van der Waals surface area contributed by atoms with Crippen LogP contribution in [0.25, 0.3) is 10.2 Å². The minimum Gasteiger partial charge on any atom is -0.234 e. The summed E-state index contributed by atoms with van der Waals surface area (Å²) in [7, 11) is 0. The monoisotopic (exact) mass is 293 g/mol. The molecule has 0 aliphatic heterocycles. The van der Waals surface area contributed by atoms with Crippen LogP contribution in [-0.4, -0.2) is 4.98 Å². The summed E-state index contributed by atoms with van der Waals surface area (Å²) in [5, 5.41) is -3.16. The Morgan fingerprint density at radius 1 is 0.947 bits per heavy atom. The molecule has 0 radical (unpaired) electrons. The van der Waals surface area contributed by atoms with Gasteiger partial charge in [-0.15, -0.1) is 11.3 Å². The Balaban J connectivity index is 1.95. The molecule has 5 heteroatoms. The first kappa shape index (κ1) is 12.6. The molecule has 0 aliphatic carbocycles. The SMILES string of the molecule is FC(F)(Sc1ccccc1)c1nc2ccccc2s1. The van der Waals surface area contributed by atoms with E-state index in [1.54, 1.807) is 48.5 Å². The van der Waals surface area contributed by atoms with Crippen molar-refractivity contribution in [3.05, 3.63) is 59.6 Å². The van der Waals surface area contributed by atoms with E-state index in [0.717, 1.165) is 16.0 Å². The van der Waals surface area contributed by atoms with E-state index < -0.39 is 5.25 Å². The fraction of sp³-hybridized carbons (Fsp3) is 0.0714. The molecule has 0 N–H and O–H groups in total. The maximum atomic E-state index is 14.2. The number of rotatable bonds is 3. The fourth-order valence-corrected chi connectivity index (χ4v) is 3.49. The lowest BCUT2D eigenvalue weighted by Crippen LogP contribution is -2.06. The van der Waals surface area contributed by atoms with Crippen LogP contribution >= 0.6 is 23.1 Å². The molecular formula is C14H9F2NS2. The van der Waals surface area contributed by atoms with E-state index in [9.17, 15) is 8.78 Å². The summed E-state index contributed by atoms with van der Waals surface area (Å²) < 4.78 is 29.2. The highest BCUT2D eigenvalue weighted by molar-refractivity contribution is 8.00. The van der Waals surface area contributed by atoms with Crippen molar-refractivity contribution in [3.63, 3.8) is 0 Å². The highest BCUT2D eigenvalue weighted by atomic mass is 32.2. The molecule has 96 valence electrons. The number of halogens is 2. The fourth-order valence-electron chi connectivity index (χ4n) is 1.68. The summed E-state index contributed by atoms with van der Waals surface area (Å²) in [6.07, 6.45) is 0. The van der Waals surface area contributed by atoms with Gasteiger partial charge in [0.2, 0.25) is 0 Å². The molecule has 0 saturated carbocycles. The van der Waals surface area contributed by atoms with Gasteiger partial charge < -0.3 is 0 Å². The van der Waals surface area contributed by atoms with Crippen molar-refractivity contribution in [2.45, 2.75) is 10.2 Å². The zero-order valence-corrected chi connectivity index (χ0v) is 11.3. The number of benzene rings is 2. The molecule has 0 atom stereocenters. The van der Waals surface area contributed by atoms with Gasteiger partial charge in [-0.25, -0.2) is 4.98 Å². The first-order chi connectivity index (χ1) is 9.15. The van der Waals surface area contributed by atoms with Crippen LogP contribution in [-0.2, 0) is 5.25 Å². The van der Waals surface area contributed by atoms with E-state index in [-0.39, 0.29) is 5.01 Å². The molecule has 0 amide bonds. The van der Waals surface area contributed by atoms with Crippen LogP contribution in [0.4, 0.5) is 8.78 Å². The van der Waals surface area contributed by atoms with Crippen LogP contribution in [0.2, 0.25) is 0 Å². The third-order valence-corrected chi connectivity index (χ3v) is 4.73. The quantitative estimate of drug-likeness (QED) is 0.620. The van der Waals surface area contributed by atoms with Gasteiger partial charge >= 0.3 is 5.25 Å². The zero-order valence-electron chi connectivity index (χ0n) is 9.72. The average molecular weight is 293 g/mol. The van der Waals surface area contributed by atoms with Crippen molar-refractivity contribution in [2.24, 2.45) is 0 Å². The van der Waals surface area contributed by atoms with Crippen LogP contribution in [0.5, 0.6) is 0 Å². The molecule has 0 fully saturated rings. The van der Waals surface area contributed by atoms with Crippen molar-refractivity contribution in [1.82, 2.24) is 4.98 Å². The lowest BCUT2D eigenvalue weighted by molar-refractivity contribution is 0.105. The Morgan fingerprint density at radius 3 is 2.37 bits per heavy atom. The summed E-state index contributed by atoms with van der Waals surface area (Å²) in [4.78, 5) is 4.56. The Morgan fingerprint density at radius 2 is 1.63 bits per heavy atom. The second kappa shape index (κ2) is 4.90. The molecule has 3 rings (SSSR count). The lowest BCUT2D eigenvalue weighted by atomic mass is 10.3. The Kier molecular flexibility index (Phi) is 3.24. The second-order valence-corrected chi connectivity index (χ2v) is 6.14. The first-order valence-electron chi connectivity index (χ1n) is 5.63. The largest absolute Gasteiger partial charge is 0.349 e. The Hall–Kier alpha value is -1.46. The molecular weight excluding hydrogens is 284 g/mol. The van der Waals surface area contributed by atoms with Crippen LogP contribution in [0.15, 0.2) is 59.5 Å². The van der Waals surface area contributed by atoms with E-state index in [1.807, 2.05) is 6.07 Å². The molecule has 0 saturated heterocycles. The predicted octanol–water partition coefficient (Wildman–Crippen LogP) is 5.14. The molecule has 2 aromatic carbocycles. The first-order valence-corrected chi connectivity index (χ1v) is 7.26. The molecule has 1 aromatic heterocycles. The third-order valence-electron chi connectivity index (χ3n) is 2.53. The van der Waals surface area contributed by atoms with Crippen LogP contribution < -0.4 is 0 Å². The van der Waals surface area contributed by atoms with Crippen molar-refractivity contribution >= 4 is 33.3 Å². The number of thiazole rings is 1. The second-order valence-electron chi connectivity index (χ2n) is 3.92. The van der Waals surface area contributed by atoms with Crippen LogP contribution in [0.1, 0.15) is 5.01 Å². The molecule has 1 heterocycles. The minimum atomic E-state index is -3.01. The van der Waals surface area contributed by atoms with Gasteiger partial charge in [0.1, 0.15) is 0 Å². The van der Waals surface area contributed by atoms with E-state index in [1.165, 1.54) is 0 Å². The van der Waals surface area contributed by atoms with Crippen LogP contribution in [0.3, 0.4) is 0 Å². The molecule has 0 aliphatic rings. The zero-order chi connectivity index (χ0) is 13.3. The van der Waals surface area contributed by atoms with Gasteiger partial charge in [0, 0.05) is 4.90 Å². The number of aromatic nitrogens is 1. The van der Waals surface area contributed by atoms with Gasteiger partial charge in [-0.1, -0.05) is 30.3 Å².